The van der Waals surface area contributed by atoms with E-state index in [1.165, 1.54) is 10.7 Å². The number of unbranched alkanes of at least 4 members (excludes halogenated alkanes) is 1. The molecule has 21 heavy (non-hydrogen) atoms. The maximum absolute atomic E-state index is 11.9. The second kappa shape index (κ2) is 6.34. The van der Waals surface area contributed by atoms with Crippen LogP contribution >= 0.6 is 0 Å². The SMILES string of the molecule is CCCCC(=O)Nc1cc(C)nn1-c1nc(C)cc(=O)[nH]1. The Kier molecular flexibility index (Phi) is 4.52. The molecule has 0 saturated carbocycles. The van der Waals surface area contributed by atoms with Crippen LogP contribution in [0.1, 0.15) is 37.6 Å². The van der Waals surface area contributed by atoms with Crippen molar-refractivity contribution in [3.8, 4) is 5.95 Å². The summed E-state index contributed by atoms with van der Waals surface area (Å²) < 4.78 is 1.44. The van der Waals surface area contributed by atoms with E-state index in [9.17, 15) is 9.59 Å². The van der Waals surface area contributed by atoms with Crippen LogP contribution in [0.25, 0.3) is 5.95 Å². The van der Waals surface area contributed by atoms with Crippen LogP contribution in [-0.2, 0) is 4.79 Å². The van der Waals surface area contributed by atoms with Crippen LogP contribution in [0.15, 0.2) is 16.9 Å². The van der Waals surface area contributed by atoms with Gasteiger partial charge in [0.1, 0.15) is 5.82 Å². The zero-order valence-corrected chi connectivity index (χ0v) is 12.4. The second-order valence-corrected chi connectivity index (χ2v) is 4.94. The average Bonchev–Trinajstić information content (AvgIpc) is 2.76. The van der Waals surface area contributed by atoms with Gasteiger partial charge < -0.3 is 5.32 Å². The number of anilines is 1. The summed E-state index contributed by atoms with van der Waals surface area (Å²) in [5.74, 6) is 0.717. The molecule has 2 rings (SSSR count). The number of aromatic nitrogens is 4. The number of carbonyl (C=O) groups excluding carboxylic acids is 1. The molecule has 0 aliphatic rings. The zero-order chi connectivity index (χ0) is 15.4. The zero-order valence-electron chi connectivity index (χ0n) is 12.4. The van der Waals surface area contributed by atoms with E-state index in [2.05, 4.69) is 20.4 Å². The molecule has 0 aliphatic carbocycles. The van der Waals surface area contributed by atoms with Crippen molar-refractivity contribution in [1.82, 2.24) is 19.7 Å². The lowest BCUT2D eigenvalue weighted by Crippen LogP contribution is -2.18. The van der Waals surface area contributed by atoms with E-state index < -0.39 is 0 Å². The van der Waals surface area contributed by atoms with E-state index in [1.807, 2.05) is 13.8 Å². The first-order valence-corrected chi connectivity index (χ1v) is 6.94. The van der Waals surface area contributed by atoms with Gasteiger partial charge in [-0.2, -0.15) is 9.78 Å². The lowest BCUT2D eigenvalue weighted by molar-refractivity contribution is -0.116. The van der Waals surface area contributed by atoms with Crippen molar-refractivity contribution in [2.75, 3.05) is 5.32 Å². The maximum atomic E-state index is 11.9. The van der Waals surface area contributed by atoms with Gasteiger partial charge in [0.2, 0.25) is 11.9 Å². The molecule has 0 bridgehead atoms. The van der Waals surface area contributed by atoms with Gasteiger partial charge in [-0.25, -0.2) is 4.98 Å². The number of nitrogens with zero attached hydrogens (tertiary/aromatic N) is 3. The van der Waals surface area contributed by atoms with Crippen LogP contribution in [0.4, 0.5) is 5.82 Å². The third kappa shape index (κ3) is 3.77. The summed E-state index contributed by atoms with van der Waals surface area (Å²) >= 11 is 0. The Bertz CT molecular complexity index is 702. The van der Waals surface area contributed by atoms with Gasteiger partial charge in [0.25, 0.3) is 5.56 Å². The fraction of sp³-hybridized carbons (Fsp3) is 0.429. The molecular weight excluding hydrogens is 270 g/mol. The molecule has 0 fully saturated rings. The highest BCUT2D eigenvalue weighted by Gasteiger charge is 2.12. The Balaban J connectivity index is 2.32. The van der Waals surface area contributed by atoms with Crippen molar-refractivity contribution < 1.29 is 4.79 Å². The fourth-order valence-corrected chi connectivity index (χ4v) is 1.96. The van der Waals surface area contributed by atoms with Crippen molar-refractivity contribution in [3.05, 3.63) is 33.9 Å². The lowest BCUT2D eigenvalue weighted by Gasteiger charge is -2.08. The predicted octanol–water partition coefficient (Wildman–Crippen LogP) is 1.70. The van der Waals surface area contributed by atoms with Gasteiger partial charge in [-0.1, -0.05) is 13.3 Å². The first kappa shape index (κ1) is 15.0. The monoisotopic (exact) mass is 289 g/mol. The van der Waals surface area contributed by atoms with Crippen molar-refractivity contribution in [2.45, 2.75) is 40.0 Å². The van der Waals surface area contributed by atoms with Crippen molar-refractivity contribution >= 4 is 11.7 Å². The first-order valence-electron chi connectivity index (χ1n) is 6.94. The number of carbonyl (C=O) groups is 1. The van der Waals surface area contributed by atoms with Crippen LogP contribution in [0, 0.1) is 13.8 Å². The maximum Gasteiger partial charge on any atom is 0.252 e. The normalized spacial score (nSPS) is 10.6. The largest absolute Gasteiger partial charge is 0.310 e. The number of amides is 1. The summed E-state index contributed by atoms with van der Waals surface area (Å²) in [7, 11) is 0. The summed E-state index contributed by atoms with van der Waals surface area (Å²) in [4.78, 5) is 30.3. The topological polar surface area (TPSA) is 92.7 Å². The second-order valence-electron chi connectivity index (χ2n) is 4.94. The minimum absolute atomic E-state index is 0.0759. The molecule has 1 amide bonds. The molecule has 0 aliphatic heterocycles. The minimum Gasteiger partial charge on any atom is -0.310 e. The molecule has 0 aromatic carbocycles. The highest BCUT2D eigenvalue weighted by molar-refractivity contribution is 5.90. The molecule has 2 aromatic rings. The Morgan fingerprint density at radius 1 is 1.33 bits per heavy atom. The Hall–Kier alpha value is -2.44. The van der Waals surface area contributed by atoms with Crippen LogP contribution < -0.4 is 10.9 Å². The van der Waals surface area contributed by atoms with Crippen molar-refractivity contribution in [3.63, 3.8) is 0 Å². The van der Waals surface area contributed by atoms with Gasteiger partial charge in [-0.15, -0.1) is 0 Å². The number of hydrogen-bond acceptors (Lipinski definition) is 4. The summed E-state index contributed by atoms with van der Waals surface area (Å²) in [5.41, 5.74) is 1.06. The molecule has 2 heterocycles. The van der Waals surface area contributed by atoms with Gasteiger partial charge in [0, 0.05) is 24.2 Å². The van der Waals surface area contributed by atoms with Gasteiger partial charge >= 0.3 is 0 Å². The first-order chi connectivity index (χ1) is 9.99. The summed E-state index contributed by atoms with van der Waals surface area (Å²) in [6.45, 7) is 5.57. The predicted molar refractivity (Wildman–Crippen MR) is 79.6 cm³/mol. The Morgan fingerprint density at radius 3 is 2.76 bits per heavy atom. The smallest absolute Gasteiger partial charge is 0.252 e. The van der Waals surface area contributed by atoms with Gasteiger partial charge in [-0.05, 0) is 20.3 Å². The van der Waals surface area contributed by atoms with Gasteiger partial charge in [-0.3, -0.25) is 14.6 Å². The number of rotatable bonds is 5. The van der Waals surface area contributed by atoms with E-state index in [4.69, 9.17) is 0 Å². The van der Waals surface area contributed by atoms with Gasteiger partial charge in [0.05, 0.1) is 5.69 Å². The quantitative estimate of drug-likeness (QED) is 0.876. The molecule has 2 aromatic heterocycles. The van der Waals surface area contributed by atoms with E-state index >= 15 is 0 Å². The Morgan fingerprint density at radius 2 is 2.10 bits per heavy atom. The van der Waals surface area contributed by atoms with Crippen LogP contribution in [0.5, 0.6) is 0 Å². The third-order valence-electron chi connectivity index (χ3n) is 2.91. The molecule has 0 unspecified atom stereocenters. The molecule has 112 valence electrons. The van der Waals surface area contributed by atoms with E-state index in [1.54, 1.807) is 13.0 Å². The number of hydrogen-bond donors (Lipinski definition) is 2. The van der Waals surface area contributed by atoms with Gasteiger partial charge in [0.15, 0.2) is 0 Å². The van der Waals surface area contributed by atoms with Crippen LogP contribution in [-0.4, -0.2) is 25.7 Å². The molecule has 2 N–H and O–H groups in total. The molecular formula is C14H19N5O2. The van der Waals surface area contributed by atoms with Crippen molar-refractivity contribution in [2.24, 2.45) is 0 Å². The summed E-state index contributed by atoms with van der Waals surface area (Å²) in [5, 5.41) is 7.07. The Labute approximate surface area is 122 Å². The minimum atomic E-state index is -0.256. The third-order valence-corrected chi connectivity index (χ3v) is 2.91. The highest BCUT2D eigenvalue weighted by Crippen LogP contribution is 2.14. The fourth-order valence-electron chi connectivity index (χ4n) is 1.96. The van der Waals surface area contributed by atoms with E-state index in [-0.39, 0.29) is 11.5 Å². The average molecular weight is 289 g/mol. The number of aryl methyl sites for hydroxylation is 2. The standard InChI is InChI=1S/C14H19N5O2/c1-4-5-6-12(20)16-11-7-10(3)18-19(11)14-15-9(2)8-13(21)17-14/h7-8H,4-6H2,1-3H3,(H,16,20)(H,15,17,21). The molecule has 7 nitrogen and oxygen atoms in total. The summed E-state index contributed by atoms with van der Waals surface area (Å²) in [6, 6.07) is 3.14. The molecule has 0 radical (unpaired) electrons. The van der Waals surface area contributed by atoms with Crippen LogP contribution in [0.3, 0.4) is 0 Å². The molecule has 7 heteroatoms. The number of H-pyrrole nitrogens is 1. The van der Waals surface area contributed by atoms with Crippen molar-refractivity contribution in [1.29, 1.82) is 0 Å². The number of aromatic amines is 1. The number of nitrogens with one attached hydrogen (secondary N) is 2. The van der Waals surface area contributed by atoms with E-state index in [0.29, 0.717) is 23.9 Å². The van der Waals surface area contributed by atoms with E-state index in [0.717, 1.165) is 18.5 Å². The lowest BCUT2D eigenvalue weighted by atomic mass is 10.2. The molecule has 0 saturated heterocycles. The summed E-state index contributed by atoms with van der Waals surface area (Å²) in [6.07, 6.45) is 2.25. The highest BCUT2D eigenvalue weighted by atomic mass is 16.1. The molecule has 0 atom stereocenters. The van der Waals surface area contributed by atoms with Crippen LogP contribution in [0.2, 0.25) is 0 Å². The molecule has 0 spiro atoms.